The molecule has 0 bridgehead atoms. The number of nitrogens with one attached hydrogen (secondary N) is 1. The number of nitrogens with zero attached hydrogens (tertiary/aromatic N) is 3. The van der Waals surface area contributed by atoms with Gasteiger partial charge in [0, 0.05) is 11.1 Å². The van der Waals surface area contributed by atoms with Crippen LogP contribution < -0.4 is 11.1 Å². The third-order valence-corrected chi connectivity index (χ3v) is 3.71. The van der Waals surface area contributed by atoms with E-state index in [0.717, 1.165) is 22.3 Å². The molecule has 0 saturated heterocycles. The predicted octanol–water partition coefficient (Wildman–Crippen LogP) is 3.42. The summed E-state index contributed by atoms with van der Waals surface area (Å²) in [6.07, 6.45) is 1.42. The molecule has 100 valence electrons. The summed E-state index contributed by atoms with van der Waals surface area (Å²) >= 11 is 3.38. The first-order valence-corrected chi connectivity index (χ1v) is 6.84. The summed E-state index contributed by atoms with van der Waals surface area (Å²) in [6.45, 7) is 1.97. The maximum Gasteiger partial charge on any atom is 0.150 e. The van der Waals surface area contributed by atoms with E-state index >= 15 is 0 Å². The highest BCUT2D eigenvalue weighted by atomic mass is 79.9. The Balaban J connectivity index is 2.11. The highest BCUT2D eigenvalue weighted by molar-refractivity contribution is 9.10. The smallest absolute Gasteiger partial charge is 0.150 e. The third kappa shape index (κ3) is 2.30. The van der Waals surface area contributed by atoms with Gasteiger partial charge in [-0.15, -0.1) is 0 Å². The second kappa shape index (κ2) is 5.05. The fourth-order valence-electron chi connectivity index (χ4n) is 1.94. The lowest BCUT2D eigenvalue weighted by Crippen LogP contribution is -2.01. The first-order valence-electron chi connectivity index (χ1n) is 6.04. The minimum absolute atomic E-state index is 0.395. The largest absolute Gasteiger partial charge is 0.383 e. The van der Waals surface area contributed by atoms with Crippen LogP contribution in [0.5, 0.6) is 0 Å². The molecule has 0 atom stereocenters. The molecule has 2 heterocycles. The van der Waals surface area contributed by atoms with E-state index in [1.165, 1.54) is 6.33 Å². The zero-order valence-electron chi connectivity index (χ0n) is 10.8. The minimum Gasteiger partial charge on any atom is -0.383 e. The van der Waals surface area contributed by atoms with Crippen molar-refractivity contribution >= 4 is 44.2 Å². The van der Waals surface area contributed by atoms with E-state index in [9.17, 15) is 0 Å². The Hall–Kier alpha value is -2.21. The molecule has 0 aliphatic carbocycles. The van der Waals surface area contributed by atoms with E-state index in [0.29, 0.717) is 16.1 Å². The molecule has 6 heteroatoms. The van der Waals surface area contributed by atoms with E-state index in [4.69, 9.17) is 5.73 Å². The summed E-state index contributed by atoms with van der Waals surface area (Å²) in [5.41, 5.74) is 8.50. The Labute approximate surface area is 124 Å². The van der Waals surface area contributed by atoms with Crippen molar-refractivity contribution in [1.29, 1.82) is 0 Å². The average molecular weight is 330 g/mol. The van der Waals surface area contributed by atoms with Gasteiger partial charge in [-0.25, -0.2) is 9.97 Å². The molecule has 1 aromatic carbocycles. The molecule has 3 rings (SSSR count). The molecule has 0 amide bonds. The molecular formula is C14H12BrN5. The number of anilines is 3. The number of fused-ring (bicyclic) bond motifs is 1. The van der Waals surface area contributed by atoms with Gasteiger partial charge in [0.1, 0.15) is 22.4 Å². The number of aromatic nitrogens is 3. The maximum atomic E-state index is 5.76. The highest BCUT2D eigenvalue weighted by Gasteiger charge is 2.09. The second-order valence-electron chi connectivity index (χ2n) is 4.38. The van der Waals surface area contributed by atoms with Crippen LogP contribution in [0.25, 0.3) is 10.9 Å². The lowest BCUT2D eigenvalue weighted by Gasteiger charge is -2.10. The number of hydrogen-bond acceptors (Lipinski definition) is 5. The topological polar surface area (TPSA) is 76.7 Å². The highest BCUT2D eigenvalue weighted by Crippen LogP contribution is 2.30. The molecular weight excluding hydrogens is 318 g/mol. The van der Waals surface area contributed by atoms with Crippen molar-refractivity contribution in [2.24, 2.45) is 0 Å². The molecule has 5 nitrogen and oxygen atoms in total. The molecule has 2 aromatic heterocycles. The first kappa shape index (κ1) is 12.8. The Morgan fingerprint density at radius 1 is 1.15 bits per heavy atom. The maximum absolute atomic E-state index is 5.76. The standard InChI is InChI=1S/C14H12BrN5/c1-8-5-6-9-3-2-4-10(12(9)19-8)20-14-11(15)13(16)17-7-18-14/h2-7H,1H3,(H3,16,17,18,20). The van der Waals surface area contributed by atoms with Crippen LogP contribution in [0, 0.1) is 6.92 Å². The summed E-state index contributed by atoms with van der Waals surface area (Å²) < 4.78 is 0.643. The van der Waals surface area contributed by atoms with Crippen molar-refractivity contribution in [3.8, 4) is 0 Å². The summed E-state index contributed by atoms with van der Waals surface area (Å²) in [6, 6.07) is 9.99. The monoisotopic (exact) mass is 329 g/mol. The van der Waals surface area contributed by atoms with E-state index in [2.05, 4.69) is 36.2 Å². The van der Waals surface area contributed by atoms with Crippen molar-refractivity contribution in [2.75, 3.05) is 11.1 Å². The van der Waals surface area contributed by atoms with E-state index in [-0.39, 0.29) is 0 Å². The van der Waals surface area contributed by atoms with Gasteiger partial charge in [0.2, 0.25) is 0 Å². The molecule has 0 fully saturated rings. The normalized spacial score (nSPS) is 10.7. The van der Waals surface area contributed by atoms with Crippen LogP contribution in [0.2, 0.25) is 0 Å². The number of aryl methyl sites for hydroxylation is 1. The summed E-state index contributed by atoms with van der Waals surface area (Å²) in [7, 11) is 0. The Bertz CT molecular complexity index is 788. The van der Waals surface area contributed by atoms with Crippen LogP contribution in [-0.2, 0) is 0 Å². The Morgan fingerprint density at radius 2 is 2.00 bits per heavy atom. The van der Waals surface area contributed by atoms with Gasteiger partial charge in [-0.3, -0.25) is 4.98 Å². The van der Waals surface area contributed by atoms with Gasteiger partial charge in [-0.1, -0.05) is 18.2 Å². The van der Waals surface area contributed by atoms with Gasteiger partial charge >= 0.3 is 0 Å². The molecule has 0 saturated carbocycles. The first-order chi connectivity index (χ1) is 9.65. The van der Waals surface area contributed by atoms with Crippen LogP contribution in [-0.4, -0.2) is 15.0 Å². The molecule has 0 aliphatic rings. The molecule has 0 radical (unpaired) electrons. The van der Waals surface area contributed by atoms with Crippen molar-refractivity contribution in [3.05, 3.63) is 46.8 Å². The lowest BCUT2D eigenvalue weighted by molar-refractivity contribution is 1.16. The number of nitrogen functional groups attached to an aromatic ring is 1. The number of nitrogens with two attached hydrogens (primary N) is 1. The Morgan fingerprint density at radius 3 is 2.85 bits per heavy atom. The van der Waals surface area contributed by atoms with Gasteiger partial charge in [0.25, 0.3) is 0 Å². The number of halogens is 1. The Kier molecular flexibility index (Phi) is 3.23. The average Bonchev–Trinajstić information content (AvgIpc) is 2.44. The summed E-state index contributed by atoms with van der Waals surface area (Å²) in [4.78, 5) is 12.7. The molecule has 20 heavy (non-hydrogen) atoms. The minimum atomic E-state index is 0.395. The van der Waals surface area contributed by atoms with Gasteiger partial charge in [0.15, 0.2) is 0 Å². The van der Waals surface area contributed by atoms with E-state index in [1.807, 2.05) is 37.3 Å². The van der Waals surface area contributed by atoms with Gasteiger partial charge in [0.05, 0.1) is 11.2 Å². The number of para-hydroxylation sites is 1. The quantitative estimate of drug-likeness (QED) is 0.753. The fourth-order valence-corrected chi connectivity index (χ4v) is 2.25. The zero-order valence-corrected chi connectivity index (χ0v) is 12.3. The molecule has 0 unspecified atom stereocenters. The predicted molar refractivity (Wildman–Crippen MR) is 83.9 cm³/mol. The second-order valence-corrected chi connectivity index (χ2v) is 5.17. The number of rotatable bonds is 2. The SMILES string of the molecule is Cc1ccc2cccc(Nc3ncnc(N)c3Br)c2n1. The van der Waals surface area contributed by atoms with E-state index in [1.54, 1.807) is 0 Å². The fraction of sp³-hybridized carbons (Fsp3) is 0.0714. The number of pyridine rings is 1. The molecule has 0 aliphatic heterocycles. The van der Waals surface area contributed by atoms with Crippen LogP contribution in [0.3, 0.4) is 0 Å². The van der Waals surface area contributed by atoms with Crippen LogP contribution >= 0.6 is 15.9 Å². The van der Waals surface area contributed by atoms with Crippen molar-refractivity contribution in [3.63, 3.8) is 0 Å². The van der Waals surface area contributed by atoms with E-state index < -0.39 is 0 Å². The molecule has 3 aromatic rings. The van der Waals surface area contributed by atoms with Crippen molar-refractivity contribution in [2.45, 2.75) is 6.92 Å². The zero-order chi connectivity index (χ0) is 14.1. The summed E-state index contributed by atoms with van der Waals surface area (Å²) in [5, 5.41) is 4.31. The summed E-state index contributed by atoms with van der Waals surface area (Å²) in [5.74, 6) is 1.01. The van der Waals surface area contributed by atoms with Crippen LogP contribution in [0.15, 0.2) is 41.1 Å². The van der Waals surface area contributed by atoms with Crippen molar-refractivity contribution in [1.82, 2.24) is 15.0 Å². The van der Waals surface area contributed by atoms with Crippen molar-refractivity contribution < 1.29 is 0 Å². The van der Waals surface area contributed by atoms with Crippen LogP contribution in [0.4, 0.5) is 17.3 Å². The molecule has 0 spiro atoms. The van der Waals surface area contributed by atoms with Crippen LogP contribution in [0.1, 0.15) is 5.69 Å². The number of benzene rings is 1. The number of hydrogen-bond donors (Lipinski definition) is 2. The van der Waals surface area contributed by atoms with Gasteiger partial charge in [-0.05, 0) is 35.0 Å². The molecule has 3 N–H and O–H groups in total. The van der Waals surface area contributed by atoms with Gasteiger partial charge < -0.3 is 11.1 Å². The third-order valence-electron chi connectivity index (χ3n) is 2.93. The lowest BCUT2D eigenvalue weighted by atomic mass is 10.1. The van der Waals surface area contributed by atoms with Gasteiger partial charge in [-0.2, -0.15) is 0 Å².